The van der Waals surface area contributed by atoms with Crippen LogP contribution in [-0.2, 0) is 19.1 Å². The third-order valence-electron chi connectivity index (χ3n) is 2.86. The number of esters is 1. The van der Waals surface area contributed by atoms with Crippen LogP contribution in [0.4, 0.5) is 0 Å². The Kier molecular flexibility index (Phi) is 1.58. The summed E-state index contributed by atoms with van der Waals surface area (Å²) in [4.78, 5) is 23.2. The molecule has 1 spiro atoms. The fraction of sp³-hybridized carbons (Fsp3) is 0.400. The van der Waals surface area contributed by atoms with E-state index in [9.17, 15) is 9.59 Å². The molecule has 0 aromatic rings. The van der Waals surface area contributed by atoms with Crippen molar-refractivity contribution in [2.45, 2.75) is 12.5 Å². The number of carbonyl (C=O) groups excluding carboxylic acids is 2. The lowest BCUT2D eigenvalue weighted by Crippen LogP contribution is -2.52. The molecule has 4 heteroatoms. The van der Waals surface area contributed by atoms with Crippen molar-refractivity contribution in [3.63, 3.8) is 0 Å². The van der Waals surface area contributed by atoms with Gasteiger partial charge in [0.1, 0.15) is 6.61 Å². The van der Waals surface area contributed by atoms with Crippen LogP contribution in [0.15, 0.2) is 25.0 Å². The summed E-state index contributed by atoms with van der Waals surface area (Å²) in [6.45, 7) is 5.46. The first kappa shape index (κ1) is 8.99. The average Bonchev–Trinajstić information content (AvgIpc) is 2.67. The van der Waals surface area contributed by atoms with Crippen LogP contribution in [0, 0.1) is 5.41 Å². The Labute approximate surface area is 81.2 Å². The molecule has 0 aromatic heterocycles. The summed E-state index contributed by atoms with van der Waals surface area (Å²) in [7, 11) is 0. The lowest BCUT2D eigenvalue weighted by Gasteiger charge is -2.30. The second kappa shape index (κ2) is 2.47. The second-order valence-corrected chi connectivity index (χ2v) is 3.66. The lowest BCUT2D eigenvalue weighted by atomic mass is 9.73. The topological polar surface area (TPSA) is 52.6 Å². The van der Waals surface area contributed by atoms with Crippen molar-refractivity contribution in [2.24, 2.45) is 5.41 Å². The standard InChI is InChI=1S/C10H10O4/c1-3-9(2)6-13-8(12)10(9)7(11)4-5-14-10/h3-5H,1,6H2,2H3/t9-,10-/m0/s1. The fourth-order valence-corrected chi connectivity index (χ4v) is 1.79. The number of hydrogen-bond acceptors (Lipinski definition) is 4. The van der Waals surface area contributed by atoms with E-state index in [0.717, 1.165) is 0 Å². The van der Waals surface area contributed by atoms with Gasteiger partial charge in [0.2, 0.25) is 5.78 Å². The summed E-state index contributed by atoms with van der Waals surface area (Å²) in [6.07, 6.45) is 4.01. The van der Waals surface area contributed by atoms with Gasteiger partial charge in [-0.15, -0.1) is 6.58 Å². The van der Waals surface area contributed by atoms with Crippen LogP contribution < -0.4 is 0 Å². The first-order chi connectivity index (χ1) is 6.57. The number of cyclic esters (lactones) is 1. The minimum absolute atomic E-state index is 0.128. The van der Waals surface area contributed by atoms with Gasteiger partial charge in [0.05, 0.1) is 11.7 Å². The van der Waals surface area contributed by atoms with Crippen LogP contribution in [0.5, 0.6) is 0 Å². The minimum atomic E-state index is -1.52. The second-order valence-electron chi connectivity index (χ2n) is 3.66. The molecule has 0 unspecified atom stereocenters. The van der Waals surface area contributed by atoms with Crippen LogP contribution >= 0.6 is 0 Å². The molecule has 4 nitrogen and oxygen atoms in total. The summed E-state index contributed by atoms with van der Waals surface area (Å²) in [6, 6.07) is 0. The molecule has 1 saturated heterocycles. The summed E-state index contributed by atoms with van der Waals surface area (Å²) in [5, 5.41) is 0. The van der Waals surface area contributed by atoms with E-state index in [2.05, 4.69) is 6.58 Å². The molecule has 1 fully saturated rings. The molecular weight excluding hydrogens is 184 g/mol. The van der Waals surface area contributed by atoms with Gasteiger partial charge >= 0.3 is 5.97 Å². The van der Waals surface area contributed by atoms with Crippen LogP contribution in [0.25, 0.3) is 0 Å². The van der Waals surface area contributed by atoms with Gasteiger partial charge in [-0.1, -0.05) is 6.08 Å². The maximum Gasteiger partial charge on any atom is 0.359 e. The molecule has 0 radical (unpaired) electrons. The highest BCUT2D eigenvalue weighted by molar-refractivity contribution is 6.15. The molecule has 0 aliphatic carbocycles. The average molecular weight is 194 g/mol. The smallest absolute Gasteiger partial charge is 0.359 e. The summed E-state index contributed by atoms with van der Waals surface area (Å²) in [5.74, 6) is -1.00. The zero-order chi connectivity index (χ0) is 10.4. The summed E-state index contributed by atoms with van der Waals surface area (Å²) in [5.41, 5.74) is -2.31. The zero-order valence-electron chi connectivity index (χ0n) is 7.78. The van der Waals surface area contributed by atoms with E-state index in [-0.39, 0.29) is 12.4 Å². The third-order valence-corrected chi connectivity index (χ3v) is 2.86. The van der Waals surface area contributed by atoms with Crippen molar-refractivity contribution in [3.05, 3.63) is 25.0 Å². The molecule has 2 atom stereocenters. The van der Waals surface area contributed by atoms with Crippen LogP contribution in [-0.4, -0.2) is 24.0 Å². The highest BCUT2D eigenvalue weighted by Crippen LogP contribution is 2.45. The third kappa shape index (κ3) is 0.737. The summed E-state index contributed by atoms with van der Waals surface area (Å²) >= 11 is 0. The zero-order valence-corrected chi connectivity index (χ0v) is 7.78. The molecule has 2 aliphatic heterocycles. The van der Waals surface area contributed by atoms with E-state index in [4.69, 9.17) is 9.47 Å². The van der Waals surface area contributed by atoms with Crippen LogP contribution in [0.1, 0.15) is 6.92 Å². The van der Waals surface area contributed by atoms with E-state index < -0.39 is 17.0 Å². The van der Waals surface area contributed by atoms with Crippen LogP contribution in [0.3, 0.4) is 0 Å². The van der Waals surface area contributed by atoms with Crippen molar-refractivity contribution in [2.75, 3.05) is 6.61 Å². The van der Waals surface area contributed by atoms with Gasteiger partial charge in [-0.05, 0) is 6.92 Å². The van der Waals surface area contributed by atoms with Gasteiger partial charge in [0.15, 0.2) is 0 Å². The highest BCUT2D eigenvalue weighted by Gasteiger charge is 2.66. The van der Waals surface area contributed by atoms with E-state index in [1.807, 2.05) is 0 Å². The van der Waals surface area contributed by atoms with E-state index in [1.165, 1.54) is 18.4 Å². The maximum absolute atomic E-state index is 11.6. The van der Waals surface area contributed by atoms with Gasteiger partial charge in [0, 0.05) is 6.08 Å². The largest absolute Gasteiger partial charge is 0.474 e. The first-order valence-corrected chi connectivity index (χ1v) is 4.26. The van der Waals surface area contributed by atoms with Gasteiger partial charge in [-0.2, -0.15) is 0 Å². The Morgan fingerprint density at radius 1 is 1.57 bits per heavy atom. The van der Waals surface area contributed by atoms with Gasteiger partial charge in [-0.3, -0.25) is 4.79 Å². The van der Waals surface area contributed by atoms with Crippen molar-refractivity contribution in [3.8, 4) is 0 Å². The Morgan fingerprint density at radius 3 is 2.79 bits per heavy atom. The molecule has 0 saturated carbocycles. The van der Waals surface area contributed by atoms with Crippen LogP contribution in [0.2, 0.25) is 0 Å². The van der Waals surface area contributed by atoms with Crippen molar-refractivity contribution in [1.82, 2.24) is 0 Å². The number of ether oxygens (including phenoxy) is 2. The van der Waals surface area contributed by atoms with E-state index >= 15 is 0 Å². The molecule has 0 bridgehead atoms. The molecule has 2 rings (SSSR count). The monoisotopic (exact) mass is 194 g/mol. The molecule has 0 amide bonds. The first-order valence-electron chi connectivity index (χ1n) is 4.26. The Balaban J connectivity index is 2.54. The maximum atomic E-state index is 11.6. The molecule has 0 aromatic carbocycles. The lowest BCUT2D eigenvalue weighted by molar-refractivity contribution is -0.159. The Hall–Kier alpha value is -1.58. The Morgan fingerprint density at radius 2 is 2.29 bits per heavy atom. The highest BCUT2D eigenvalue weighted by atomic mass is 16.6. The SMILES string of the molecule is C=C[C@@]1(C)COC(=O)[C@]12OC=CC2=O. The molecule has 2 heterocycles. The van der Waals surface area contributed by atoms with Crippen molar-refractivity contribution in [1.29, 1.82) is 0 Å². The normalized spacial score (nSPS) is 40.1. The number of hydrogen-bond donors (Lipinski definition) is 0. The quantitative estimate of drug-likeness (QED) is 0.348. The number of rotatable bonds is 1. The molecule has 74 valence electrons. The number of ketones is 1. The predicted molar refractivity (Wildman–Crippen MR) is 47.2 cm³/mol. The predicted octanol–water partition coefficient (Wildman–Crippen LogP) is 0.587. The Bertz CT molecular complexity index is 357. The van der Waals surface area contributed by atoms with Gasteiger partial charge in [0.25, 0.3) is 5.60 Å². The van der Waals surface area contributed by atoms with Gasteiger partial charge < -0.3 is 9.47 Å². The van der Waals surface area contributed by atoms with Crippen molar-refractivity contribution >= 4 is 11.8 Å². The van der Waals surface area contributed by atoms with E-state index in [0.29, 0.717) is 0 Å². The van der Waals surface area contributed by atoms with E-state index in [1.54, 1.807) is 6.92 Å². The number of carbonyl (C=O) groups is 2. The summed E-state index contributed by atoms with van der Waals surface area (Å²) < 4.78 is 10.0. The van der Waals surface area contributed by atoms with Gasteiger partial charge in [-0.25, -0.2) is 4.79 Å². The van der Waals surface area contributed by atoms with Crippen molar-refractivity contribution < 1.29 is 19.1 Å². The molecule has 0 N–H and O–H groups in total. The molecule has 14 heavy (non-hydrogen) atoms. The molecular formula is C10H10O4. The fourth-order valence-electron chi connectivity index (χ4n) is 1.79. The minimum Gasteiger partial charge on any atom is -0.474 e. The molecule has 2 aliphatic rings.